The van der Waals surface area contributed by atoms with E-state index in [0.717, 1.165) is 24.3 Å². The molecule has 0 saturated heterocycles. The van der Waals surface area contributed by atoms with Crippen molar-refractivity contribution in [2.75, 3.05) is 0 Å². The first-order valence-electron chi connectivity index (χ1n) is 7.94. The van der Waals surface area contributed by atoms with Crippen molar-refractivity contribution < 1.29 is 14.1 Å². The van der Waals surface area contributed by atoms with Crippen molar-refractivity contribution in [2.24, 2.45) is 5.41 Å². The first-order chi connectivity index (χ1) is 10.6. The van der Waals surface area contributed by atoms with Gasteiger partial charge in [0, 0.05) is 12.0 Å². The monoisotopic (exact) mass is 338 g/mol. The molecule has 0 aliphatic carbocycles. The van der Waals surface area contributed by atoms with E-state index in [4.69, 9.17) is 16.0 Å². The molecule has 0 fully saturated rings. The van der Waals surface area contributed by atoms with E-state index in [1.807, 2.05) is 12.1 Å². The fraction of sp³-hybridized carbons (Fsp3) is 0.474. The van der Waals surface area contributed by atoms with Crippen LogP contribution in [-0.4, -0.2) is 5.54 Å². The maximum Gasteiger partial charge on any atom is 0.158 e. The Bertz CT molecular complexity index is 670. The molecule has 1 heterocycles. The molecule has 0 bridgehead atoms. The number of hydrogen-bond acceptors (Lipinski definition) is 1. The Hall–Kier alpha value is -1.32. The fourth-order valence-corrected chi connectivity index (χ4v) is 3.29. The number of rotatable bonds is 5. The lowest BCUT2D eigenvalue weighted by atomic mass is 9.82. The second-order valence-corrected chi connectivity index (χ2v) is 8.44. The molecule has 0 radical (unpaired) electrons. The Morgan fingerprint density at radius 2 is 1.78 bits per heavy atom. The van der Waals surface area contributed by atoms with E-state index >= 15 is 0 Å². The average molecular weight is 339 g/mol. The van der Waals surface area contributed by atoms with Crippen molar-refractivity contribution >= 4 is 11.6 Å². The predicted octanol–water partition coefficient (Wildman–Crippen LogP) is 5.02. The molecule has 0 aliphatic rings. The van der Waals surface area contributed by atoms with Crippen LogP contribution in [0.1, 0.15) is 46.8 Å². The van der Waals surface area contributed by atoms with E-state index in [1.54, 1.807) is 12.1 Å². The minimum absolute atomic E-state index is 0.110. The van der Waals surface area contributed by atoms with Crippen LogP contribution in [0, 0.1) is 11.2 Å². The molecular weight excluding hydrogens is 313 g/mol. The van der Waals surface area contributed by atoms with Crippen LogP contribution in [0.2, 0.25) is 5.02 Å². The van der Waals surface area contributed by atoms with Crippen LogP contribution in [0.4, 0.5) is 4.39 Å². The van der Waals surface area contributed by atoms with Gasteiger partial charge in [-0.1, -0.05) is 32.4 Å². The minimum Gasteiger partial charge on any atom is -0.455 e. The Morgan fingerprint density at radius 3 is 2.39 bits per heavy atom. The smallest absolute Gasteiger partial charge is 0.158 e. The van der Waals surface area contributed by atoms with Crippen molar-refractivity contribution in [3.8, 4) is 11.3 Å². The van der Waals surface area contributed by atoms with Gasteiger partial charge in [-0.15, -0.1) is 0 Å². The summed E-state index contributed by atoms with van der Waals surface area (Å²) in [7, 11) is 0. The highest BCUT2D eigenvalue weighted by Crippen LogP contribution is 2.27. The molecule has 0 saturated carbocycles. The molecule has 0 amide bonds. The molecule has 0 unspecified atom stereocenters. The summed E-state index contributed by atoms with van der Waals surface area (Å²) in [5.74, 6) is 1.20. The summed E-state index contributed by atoms with van der Waals surface area (Å²) >= 11 is 5.83. The highest BCUT2D eigenvalue weighted by atomic mass is 35.5. The molecule has 2 N–H and O–H groups in total. The molecule has 1 aromatic heterocycles. The third-order valence-corrected chi connectivity index (χ3v) is 4.00. The number of benzene rings is 1. The Morgan fingerprint density at radius 1 is 1.09 bits per heavy atom. The minimum atomic E-state index is -0.417. The lowest BCUT2D eigenvalue weighted by Crippen LogP contribution is -2.94. The summed E-state index contributed by atoms with van der Waals surface area (Å²) in [6.07, 6.45) is 1.11. The van der Waals surface area contributed by atoms with Crippen LogP contribution in [-0.2, 0) is 6.54 Å². The lowest BCUT2D eigenvalue weighted by molar-refractivity contribution is -0.738. The molecule has 2 nitrogen and oxygen atoms in total. The van der Waals surface area contributed by atoms with Crippen molar-refractivity contribution in [1.82, 2.24) is 0 Å². The molecule has 126 valence electrons. The third-order valence-electron chi connectivity index (χ3n) is 3.71. The van der Waals surface area contributed by atoms with Gasteiger partial charge in [0.2, 0.25) is 0 Å². The number of halogens is 2. The van der Waals surface area contributed by atoms with Gasteiger partial charge in [-0.05, 0) is 49.6 Å². The van der Waals surface area contributed by atoms with Crippen LogP contribution >= 0.6 is 11.6 Å². The van der Waals surface area contributed by atoms with Crippen LogP contribution in [0.15, 0.2) is 34.7 Å². The van der Waals surface area contributed by atoms with Gasteiger partial charge in [-0.3, -0.25) is 0 Å². The first-order valence-corrected chi connectivity index (χ1v) is 8.32. The number of quaternary nitrogens is 1. The number of nitrogens with two attached hydrogens (primary N) is 1. The summed E-state index contributed by atoms with van der Waals surface area (Å²) in [5, 5.41) is 2.41. The Balaban J connectivity index is 2.04. The standard InChI is InChI=1S/C19H25ClFNO/c1-18(2,3)12-19(4,5)22-11-14-7-9-17(23-14)13-6-8-16(21)15(20)10-13/h6-10,22H,11-12H2,1-5H3/p+1. The quantitative estimate of drug-likeness (QED) is 0.815. The van der Waals surface area contributed by atoms with Crippen LogP contribution < -0.4 is 5.32 Å². The van der Waals surface area contributed by atoms with Crippen molar-refractivity contribution in [3.63, 3.8) is 0 Å². The van der Waals surface area contributed by atoms with E-state index in [9.17, 15) is 4.39 Å². The van der Waals surface area contributed by atoms with Crippen molar-refractivity contribution in [3.05, 3.63) is 46.9 Å². The van der Waals surface area contributed by atoms with Gasteiger partial charge in [-0.2, -0.15) is 0 Å². The highest BCUT2D eigenvalue weighted by Gasteiger charge is 2.28. The fourth-order valence-electron chi connectivity index (χ4n) is 3.11. The molecule has 0 aliphatic heterocycles. The number of furan rings is 1. The van der Waals surface area contributed by atoms with E-state index < -0.39 is 5.82 Å². The average Bonchev–Trinajstić information content (AvgIpc) is 2.86. The maximum absolute atomic E-state index is 13.2. The first kappa shape index (κ1) is 18.0. The maximum atomic E-state index is 13.2. The van der Waals surface area contributed by atoms with Gasteiger partial charge in [0.1, 0.15) is 18.1 Å². The van der Waals surface area contributed by atoms with Crippen molar-refractivity contribution in [1.29, 1.82) is 0 Å². The van der Waals surface area contributed by atoms with Gasteiger partial charge in [0.25, 0.3) is 0 Å². The van der Waals surface area contributed by atoms with Gasteiger partial charge in [-0.25, -0.2) is 4.39 Å². The normalized spacial score (nSPS) is 12.7. The summed E-state index contributed by atoms with van der Waals surface area (Å²) in [6.45, 7) is 12.0. The van der Waals surface area contributed by atoms with Gasteiger partial charge >= 0.3 is 0 Å². The third kappa shape index (κ3) is 5.36. The molecule has 23 heavy (non-hydrogen) atoms. The molecular formula is C19H26ClFNO+. The second kappa shape index (κ2) is 6.66. The van der Waals surface area contributed by atoms with Crippen molar-refractivity contribution in [2.45, 2.75) is 53.1 Å². The van der Waals surface area contributed by atoms with E-state index in [1.165, 1.54) is 6.07 Å². The largest absolute Gasteiger partial charge is 0.455 e. The zero-order chi connectivity index (χ0) is 17.3. The Labute approximate surface area is 143 Å². The zero-order valence-corrected chi connectivity index (χ0v) is 15.3. The van der Waals surface area contributed by atoms with E-state index in [0.29, 0.717) is 11.2 Å². The van der Waals surface area contributed by atoms with Gasteiger partial charge in [0.15, 0.2) is 5.76 Å². The predicted molar refractivity (Wildman–Crippen MR) is 92.9 cm³/mol. The van der Waals surface area contributed by atoms with Crippen LogP contribution in [0.3, 0.4) is 0 Å². The van der Waals surface area contributed by atoms with Crippen LogP contribution in [0.5, 0.6) is 0 Å². The highest BCUT2D eigenvalue weighted by molar-refractivity contribution is 6.31. The van der Waals surface area contributed by atoms with Gasteiger partial charge < -0.3 is 9.73 Å². The lowest BCUT2D eigenvalue weighted by Gasteiger charge is -2.30. The Kier molecular flexibility index (Phi) is 5.22. The summed E-state index contributed by atoms with van der Waals surface area (Å²) < 4.78 is 19.1. The summed E-state index contributed by atoms with van der Waals surface area (Å²) in [5.41, 5.74) is 1.22. The van der Waals surface area contributed by atoms with Gasteiger partial charge in [0.05, 0.1) is 10.6 Å². The molecule has 4 heteroatoms. The number of hydrogen-bond donors (Lipinski definition) is 1. The zero-order valence-electron chi connectivity index (χ0n) is 14.5. The molecule has 0 atom stereocenters. The topological polar surface area (TPSA) is 29.8 Å². The van der Waals surface area contributed by atoms with E-state index in [-0.39, 0.29) is 10.6 Å². The van der Waals surface area contributed by atoms with E-state index in [2.05, 4.69) is 39.9 Å². The molecule has 2 aromatic rings. The molecule has 0 spiro atoms. The summed E-state index contributed by atoms with van der Waals surface area (Å²) in [4.78, 5) is 0. The SMILES string of the molecule is CC(C)(C)CC(C)(C)[NH2+]Cc1ccc(-c2ccc(F)c(Cl)c2)o1. The summed E-state index contributed by atoms with van der Waals surface area (Å²) in [6, 6.07) is 8.50. The second-order valence-electron chi connectivity index (χ2n) is 8.03. The van der Waals surface area contributed by atoms with Crippen LogP contribution in [0.25, 0.3) is 11.3 Å². The molecule has 1 aromatic carbocycles. The molecule has 2 rings (SSSR count).